The molecule has 0 bridgehead atoms. The molecule has 0 aliphatic carbocycles. The molecule has 21 heavy (non-hydrogen) atoms. The molecule has 1 aromatic carbocycles. The lowest BCUT2D eigenvalue weighted by molar-refractivity contribution is 0.334. The van der Waals surface area contributed by atoms with Crippen molar-refractivity contribution in [1.29, 1.82) is 0 Å². The van der Waals surface area contributed by atoms with Crippen LogP contribution in [0.25, 0.3) is 22.5 Å². The van der Waals surface area contributed by atoms with Crippen LogP contribution in [0.1, 0.15) is 5.69 Å². The fraction of sp³-hybridized carbons (Fsp3) is 0.125. The molecular weight excluding hydrogens is 262 g/mol. The highest BCUT2D eigenvalue weighted by atomic mass is 15.5. The summed E-state index contributed by atoms with van der Waals surface area (Å²) in [4.78, 5) is 8.94. The Balaban J connectivity index is 1.83. The van der Waals surface area contributed by atoms with Crippen LogP contribution in [0.15, 0.2) is 55.1 Å². The minimum absolute atomic E-state index is 0.858. The van der Waals surface area contributed by atoms with Crippen LogP contribution in [0, 0.1) is 0 Å². The second kappa shape index (κ2) is 4.71. The first-order chi connectivity index (χ1) is 10.3. The second-order valence-electron chi connectivity index (χ2n) is 5.16. The average Bonchev–Trinajstić information content (AvgIpc) is 3.13. The van der Waals surface area contributed by atoms with Crippen molar-refractivity contribution in [2.24, 2.45) is 0 Å². The van der Waals surface area contributed by atoms with Crippen LogP contribution < -0.4 is 5.43 Å². The van der Waals surface area contributed by atoms with Crippen molar-refractivity contribution in [2.45, 2.75) is 0 Å². The number of likely N-dealkylation sites (N-methyl/N-ethyl adjacent to an activating group) is 1. The summed E-state index contributed by atoms with van der Waals surface area (Å²) in [5.74, 6) is 0. The SMILES string of the molecule is CN1CC(c2cnc3cnc(-c4ccccc4)cn23)=CN1. The van der Waals surface area contributed by atoms with Gasteiger partial charge in [0.15, 0.2) is 5.65 Å². The summed E-state index contributed by atoms with van der Waals surface area (Å²) >= 11 is 0. The average molecular weight is 277 g/mol. The predicted molar refractivity (Wildman–Crippen MR) is 82.2 cm³/mol. The molecule has 3 aromatic rings. The highest BCUT2D eigenvalue weighted by Crippen LogP contribution is 2.22. The maximum atomic E-state index is 4.50. The number of rotatable bonds is 2. The Kier molecular flexibility index (Phi) is 2.72. The molecule has 0 saturated heterocycles. The molecule has 1 aliphatic heterocycles. The first-order valence-corrected chi connectivity index (χ1v) is 6.86. The quantitative estimate of drug-likeness (QED) is 0.780. The molecule has 1 aliphatic rings. The van der Waals surface area contributed by atoms with Gasteiger partial charge < -0.3 is 5.43 Å². The maximum absolute atomic E-state index is 4.50. The van der Waals surface area contributed by atoms with Crippen LogP contribution >= 0.6 is 0 Å². The molecule has 0 fully saturated rings. The summed E-state index contributed by atoms with van der Waals surface area (Å²) in [5.41, 5.74) is 8.41. The molecule has 3 heterocycles. The molecule has 5 heteroatoms. The maximum Gasteiger partial charge on any atom is 0.155 e. The molecule has 4 rings (SSSR count). The normalized spacial score (nSPS) is 15.2. The summed E-state index contributed by atoms with van der Waals surface area (Å²) in [6, 6.07) is 10.2. The van der Waals surface area contributed by atoms with E-state index in [4.69, 9.17) is 0 Å². The Hall–Kier alpha value is -2.66. The third-order valence-corrected chi connectivity index (χ3v) is 3.66. The number of aromatic nitrogens is 3. The summed E-state index contributed by atoms with van der Waals surface area (Å²) in [7, 11) is 2.02. The Morgan fingerprint density at radius 2 is 1.95 bits per heavy atom. The van der Waals surface area contributed by atoms with E-state index in [2.05, 4.69) is 31.9 Å². The van der Waals surface area contributed by atoms with Gasteiger partial charge in [0.1, 0.15) is 0 Å². The summed E-state index contributed by atoms with van der Waals surface area (Å²) < 4.78 is 2.10. The second-order valence-corrected chi connectivity index (χ2v) is 5.16. The molecule has 0 spiro atoms. The number of hydrogen-bond acceptors (Lipinski definition) is 4. The third kappa shape index (κ3) is 2.08. The molecule has 0 radical (unpaired) electrons. The molecule has 2 aromatic heterocycles. The Bertz CT molecular complexity index is 819. The van der Waals surface area contributed by atoms with E-state index in [9.17, 15) is 0 Å². The van der Waals surface area contributed by atoms with Gasteiger partial charge in [0.25, 0.3) is 0 Å². The van der Waals surface area contributed by atoms with Crippen molar-refractivity contribution in [2.75, 3.05) is 13.6 Å². The minimum Gasteiger partial charge on any atom is -0.326 e. The lowest BCUT2D eigenvalue weighted by Gasteiger charge is -2.08. The van der Waals surface area contributed by atoms with Crippen molar-refractivity contribution in [3.05, 3.63) is 60.8 Å². The molecular formula is C16H15N5. The van der Waals surface area contributed by atoms with Gasteiger partial charge in [0.05, 0.1) is 23.8 Å². The lowest BCUT2D eigenvalue weighted by atomic mass is 10.1. The van der Waals surface area contributed by atoms with Crippen LogP contribution in [0.5, 0.6) is 0 Å². The molecule has 5 nitrogen and oxygen atoms in total. The molecule has 0 amide bonds. The first kappa shape index (κ1) is 12.1. The highest BCUT2D eigenvalue weighted by Gasteiger charge is 2.15. The smallest absolute Gasteiger partial charge is 0.155 e. The van der Waals surface area contributed by atoms with Crippen LogP contribution in [0.3, 0.4) is 0 Å². The molecule has 1 N–H and O–H groups in total. The predicted octanol–water partition coefficient (Wildman–Crippen LogP) is 2.19. The Morgan fingerprint density at radius 1 is 1.10 bits per heavy atom. The zero-order valence-corrected chi connectivity index (χ0v) is 11.7. The van der Waals surface area contributed by atoms with Gasteiger partial charge in [-0.3, -0.25) is 9.38 Å². The summed E-state index contributed by atoms with van der Waals surface area (Å²) in [6.45, 7) is 0.858. The fourth-order valence-electron chi connectivity index (χ4n) is 2.57. The number of imidazole rings is 1. The van der Waals surface area contributed by atoms with E-state index in [1.807, 2.05) is 55.0 Å². The van der Waals surface area contributed by atoms with Crippen molar-refractivity contribution in [3.8, 4) is 11.3 Å². The number of nitrogens with zero attached hydrogens (tertiary/aromatic N) is 4. The number of benzene rings is 1. The van der Waals surface area contributed by atoms with Gasteiger partial charge in [-0.1, -0.05) is 30.3 Å². The van der Waals surface area contributed by atoms with E-state index >= 15 is 0 Å². The van der Waals surface area contributed by atoms with Gasteiger partial charge in [-0.15, -0.1) is 0 Å². The largest absolute Gasteiger partial charge is 0.326 e. The van der Waals surface area contributed by atoms with E-state index in [-0.39, 0.29) is 0 Å². The van der Waals surface area contributed by atoms with E-state index in [1.54, 1.807) is 0 Å². The van der Waals surface area contributed by atoms with Gasteiger partial charge in [0.2, 0.25) is 0 Å². The van der Waals surface area contributed by atoms with Crippen LogP contribution in [0.4, 0.5) is 0 Å². The lowest BCUT2D eigenvalue weighted by Crippen LogP contribution is -2.24. The van der Waals surface area contributed by atoms with Crippen molar-refractivity contribution >= 4 is 11.2 Å². The van der Waals surface area contributed by atoms with Gasteiger partial charge in [-0.05, 0) is 0 Å². The van der Waals surface area contributed by atoms with E-state index in [1.165, 1.54) is 5.57 Å². The zero-order valence-electron chi connectivity index (χ0n) is 11.7. The summed E-state index contributed by atoms with van der Waals surface area (Å²) in [5, 5.41) is 2.04. The van der Waals surface area contributed by atoms with Crippen LogP contribution in [0.2, 0.25) is 0 Å². The Morgan fingerprint density at radius 3 is 2.71 bits per heavy atom. The monoisotopic (exact) mass is 277 g/mol. The van der Waals surface area contributed by atoms with Crippen LogP contribution in [-0.4, -0.2) is 33.0 Å². The molecule has 104 valence electrons. The highest BCUT2D eigenvalue weighted by molar-refractivity contribution is 5.69. The zero-order chi connectivity index (χ0) is 14.2. The van der Waals surface area contributed by atoms with E-state index < -0.39 is 0 Å². The number of fused-ring (bicyclic) bond motifs is 1. The van der Waals surface area contributed by atoms with E-state index in [0.717, 1.165) is 29.1 Å². The third-order valence-electron chi connectivity index (χ3n) is 3.66. The van der Waals surface area contributed by atoms with Gasteiger partial charge in [-0.25, -0.2) is 9.99 Å². The minimum atomic E-state index is 0.858. The topological polar surface area (TPSA) is 45.5 Å². The molecule has 0 saturated carbocycles. The van der Waals surface area contributed by atoms with Crippen molar-refractivity contribution < 1.29 is 0 Å². The number of hydrazine groups is 1. The summed E-state index contributed by atoms with van der Waals surface area (Å²) in [6.07, 6.45) is 7.79. The standard InChI is InChI=1S/C16H15N5/c1-20-10-13(7-19-20)15-8-18-16-9-17-14(11-21(15)16)12-5-3-2-4-6-12/h2-9,11,19H,10H2,1H3. The number of nitrogens with one attached hydrogen (secondary N) is 1. The Labute approximate surface area is 122 Å². The van der Waals surface area contributed by atoms with Gasteiger partial charge in [-0.2, -0.15) is 0 Å². The van der Waals surface area contributed by atoms with Gasteiger partial charge >= 0.3 is 0 Å². The molecule has 0 unspecified atom stereocenters. The van der Waals surface area contributed by atoms with Crippen LogP contribution in [-0.2, 0) is 0 Å². The first-order valence-electron chi connectivity index (χ1n) is 6.86. The molecule has 0 atom stereocenters. The van der Waals surface area contributed by atoms with Gasteiger partial charge in [0, 0.05) is 37.1 Å². The van der Waals surface area contributed by atoms with E-state index in [0.29, 0.717) is 0 Å². The van der Waals surface area contributed by atoms with Crippen molar-refractivity contribution in [1.82, 2.24) is 24.8 Å². The number of hydrogen-bond donors (Lipinski definition) is 1. The van der Waals surface area contributed by atoms with Crippen molar-refractivity contribution in [3.63, 3.8) is 0 Å². The fourth-order valence-corrected chi connectivity index (χ4v) is 2.57.